The average Bonchev–Trinajstić information content (AvgIpc) is 2.44. The average molecular weight is 304 g/mol. The SMILES string of the molecule is CCCCc1ccccc1/C=C(\C)C(OC(C)=O)OC(C)=O. The Morgan fingerprint density at radius 2 is 1.68 bits per heavy atom. The maximum Gasteiger partial charge on any atom is 0.305 e. The first-order chi connectivity index (χ1) is 10.4. The van der Waals surface area contributed by atoms with Gasteiger partial charge in [-0.15, -0.1) is 0 Å². The highest BCUT2D eigenvalue weighted by Gasteiger charge is 2.17. The zero-order valence-corrected chi connectivity index (χ0v) is 13.7. The largest absolute Gasteiger partial charge is 0.421 e. The van der Waals surface area contributed by atoms with Gasteiger partial charge in [0.1, 0.15) is 0 Å². The van der Waals surface area contributed by atoms with Gasteiger partial charge in [0.25, 0.3) is 6.29 Å². The summed E-state index contributed by atoms with van der Waals surface area (Å²) in [5.41, 5.74) is 2.96. The number of hydrogen-bond donors (Lipinski definition) is 0. The molecule has 1 aromatic carbocycles. The molecule has 0 aliphatic carbocycles. The molecule has 0 bridgehead atoms. The molecule has 0 aromatic heterocycles. The summed E-state index contributed by atoms with van der Waals surface area (Å²) >= 11 is 0. The standard InChI is InChI=1S/C18H24O4/c1-5-6-9-16-10-7-8-11-17(16)12-13(2)18(21-14(3)19)22-15(4)20/h7-8,10-12,18H,5-6,9H2,1-4H3/b13-12+. The first kappa shape index (κ1) is 18.0. The molecule has 4 heteroatoms. The molecule has 0 N–H and O–H groups in total. The molecule has 0 saturated heterocycles. The lowest BCUT2D eigenvalue weighted by Crippen LogP contribution is -2.23. The minimum absolute atomic E-state index is 0.488. The van der Waals surface area contributed by atoms with Crippen LogP contribution in [0.3, 0.4) is 0 Å². The predicted molar refractivity (Wildman–Crippen MR) is 86.0 cm³/mol. The fourth-order valence-electron chi connectivity index (χ4n) is 2.09. The Morgan fingerprint density at radius 1 is 1.09 bits per heavy atom. The molecule has 1 aromatic rings. The number of hydrogen-bond acceptors (Lipinski definition) is 4. The molecule has 4 nitrogen and oxygen atoms in total. The number of esters is 2. The zero-order valence-electron chi connectivity index (χ0n) is 13.7. The van der Waals surface area contributed by atoms with Crippen LogP contribution in [-0.2, 0) is 25.5 Å². The van der Waals surface area contributed by atoms with Crippen molar-refractivity contribution in [3.63, 3.8) is 0 Å². The summed E-state index contributed by atoms with van der Waals surface area (Å²) in [5, 5.41) is 0. The molecule has 0 atom stereocenters. The molecule has 0 heterocycles. The molecule has 0 fully saturated rings. The maximum absolute atomic E-state index is 11.2. The van der Waals surface area contributed by atoms with Crippen LogP contribution in [0.5, 0.6) is 0 Å². The minimum Gasteiger partial charge on any atom is -0.421 e. The first-order valence-electron chi connectivity index (χ1n) is 7.54. The molecule has 120 valence electrons. The number of carbonyl (C=O) groups excluding carboxylic acids is 2. The third kappa shape index (κ3) is 6.12. The number of unbranched alkanes of at least 4 members (excludes halogenated alkanes) is 1. The summed E-state index contributed by atoms with van der Waals surface area (Å²) in [5.74, 6) is -0.975. The molecule has 0 aliphatic rings. The lowest BCUT2D eigenvalue weighted by atomic mass is 10.0. The van der Waals surface area contributed by atoms with Crippen molar-refractivity contribution in [2.45, 2.75) is 53.2 Å². The van der Waals surface area contributed by atoms with Crippen LogP contribution < -0.4 is 0 Å². The third-order valence-corrected chi connectivity index (χ3v) is 3.16. The zero-order chi connectivity index (χ0) is 16.5. The van der Waals surface area contributed by atoms with Crippen molar-refractivity contribution in [1.82, 2.24) is 0 Å². The molecule has 0 amide bonds. The summed E-state index contributed by atoms with van der Waals surface area (Å²) in [7, 11) is 0. The summed E-state index contributed by atoms with van der Waals surface area (Å²) in [6.07, 6.45) is 4.15. The van der Waals surface area contributed by atoms with Gasteiger partial charge in [0.05, 0.1) is 0 Å². The Hall–Kier alpha value is -2.10. The topological polar surface area (TPSA) is 52.6 Å². The highest BCUT2D eigenvalue weighted by atomic mass is 16.7. The van der Waals surface area contributed by atoms with E-state index >= 15 is 0 Å². The summed E-state index contributed by atoms with van der Waals surface area (Å²) in [6.45, 7) is 6.52. The Bertz CT molecular complexity index is 530. The van der Waals surface area contributed by atoms with E-state index in [1.807, 2.05) is 24.3 Å². The van der Waals surface area contributed by atoms with Crippen LogP contribution in [0.15, 0.2) is 29.8 Å². The molecule has 22 heavy (non-hydrogen) atoms. The van der Waals surface area contributed by atoms with Crippen LogP contribution in [-0.4, -0.2) is 18.2 Å². The third-order valence-electron chi connectivity index (χ3n) is 3.16. The van der Waals surface area contributed by atoms with Gasteiger partial charge in [-0.05, 0) is 37.0 Å². The smallest absolute Gasteiger partial charge is 0.305 e. The van der Waals surface area contributed by atoms with Crippen molar-refractivity contribution in [3.8, 4) is 0 Å². The van der Waals surface area contributed by atoms with Crippen LogP contribution in [0.4, 0.5) is 0 Å². The summed E-state index contributed by atoms with van der Waals surface area (Å²) < 4.78 is 10.1. The van der Waals surface area contributed by atoms with Crippen molar-refractivity contribution in [3.05, 3.63) is 41.0 Å². The molecule has 1 rings (SSSR count). The lowest BCUT2D eigenvalue weighted by molar-refractivity contribution is -0.177. The first-order valence-corrected chi connectivity index (χ1v) is 7.54. The molecule has 0 unspecified atom stereocenters. The maximum atomic E-state index is 11.2. The monoisotopic (exact) mass is 304 g/mol. The van der Waals surface area contributed by atoms with Gasteiger partial charge >= 0.3 is 11.9 Å². The van der Waals surface area contributed by atoms with Crippen molar-refractivity contribution in [2.24, 2.45) is 0 Å². The highest BCUT2D eigenvalue weighted by Crippen LogP contribution is 2.19. The van der Waals surface area contributed by atoms with E-state index in [9.17, 15) is 9.59 Å². The van der Waals surface area contributed by atoms with E-state index in [1.165, 1.54) is 19.4 Å². The van der Waals surface area contributed by atoms with Crippen LogP contribution in [0.1, 0.15) is 51.7 Å². The van der Waals surface area contributed by atoms with Crippen LogP contribution in [0, 0.1) is 0 Å². The lowest BCUT2D eigenvalue weighted by Gasteiger charge is -2.17. The molecule has 0 spiro atoms. The Labute approximate surface area is 132 Å². The number of ether oxygens (including phenoxy) is 2. The summed E-state index contributed by atoms with van der Waals surface area (Å²) in [6, 6.07) is 8.06. The summed E-state index contributed by atoms with van der Waals surface area (Å²) in [4.78, 5) is 22.3. The van der Waals surface area contributed by atoms with Crippen molar-refractivity contribution in [2.75, 3.05) is 0 Å². The predicted octanol–water partition coefficient (Wildman–Crippen LogP) is 3.88. The van der Waals surface area contributed by atoms with Crippen LogP contribution >= 0.6 is 0 Å². The number of aryl methyl sites for hydroxylation is 1. The van der Waals surface area contributed by atoms with Gasteiger partial charge in [-0.3, -0.25) is 9.59 Å². The van der Waals surface area contributed by atoms with Crippen LogP contribution in [0.2, 0.25) is 0 Å². The van der Waals surface area contributed by atoms with Crippen LogP contribution in [0.25, 0.3) is 6.08 Å². The molecule has 0 aliphatic heterocycles. The van der Waals surface area contributed by atoms with Crippen molar-refractivity contribution >= 4 is 18.0 Å². The van der Waals surface area contributed by atoms with Gasteiger partial charge in [0, 0.05) is 19.4 Å². The highest BCUT2D eigenvalue weighted by molar-refractivity contribution is 5.69. The Morgan fingerprint density at radius 3 is 2.23 bits per heavy atom. The quantitative estimate of drug-likeness (QED) is 0.566. The van der Waals surface area contributed by atoms with Gasteiger partial charge in [-0.2, -0.15) is 0 Å². The van der Waals surface area contributed by atoms with E-state index in [0.29, 0.717) is 5.57 Å². The van der Waals surface area contributed by atoms with Gasteiger partial charge in [-0.1, -0.05) is 37.6 Å². The van der Waals surface area contributed by atoms with Gasteiger partial charge in [-0.25, -0.2) is 0 Å². The molecular formula is C18H24O4. The second kappa shape index (κ2) is 9.03. The fraction of sp³-hybridized carbons (Fsp3) is 0.444. The second-order valence-corrected chi connectivity index (χ2v) is 5.24. The van der Waals surface area contributed by atoms with Crippen molar-refractivity contribution in [1.29, 1.82) is 0 Å². The van der Waals surface area contributed by atoms with E-state index in [2.05, 4.69) is 13.0 Å². The molecular weight excluding hydrogens is 280 g/mol. The number of benzene rings is 1. The molecule has 0 radical (unpaired) electrons. The minimum atomic E-state index is -0.978. The van der Waals surface area contributed by atoms with Gasteiger partial charge < -0.3 is 9.47 Å². The van der Waals surface area contributed by atoms with E-state index in [4.69, 9.17) is 9.47 Å². The van der Waals surface area contributed by atoms with E-state index in [1.54, 1.807) is 6.92 Å². The fourth-order valence-corrected chi connectivity index (χ4v) is 2.09. The number of carbonyl (C=O) groups is 2. The second-order valence-electron chi connectivity index (χ2n) is 5.24. The number of rotatable bonds is 7. The van der Waals surface area contributed by atoms with Gasteiger partial charge in [0.15, 0.2) is 0 Å². The van der Waals surface area contributed by atoms with Crippen molar-refractivity contribution < 1.29 is 19.1 Å². The normalized spacial score (nSPS) is 11.4. The Balaban J connectivity index is 3.01. The van der Waals surface area contributed by atoms with Gasteiger partial charge in [0.2, 0.25) is 0 Å². The van der Waals surface area contributed by atoms with E-state index in [-0.39, 0.29) is 0 Å². The van der Waals surface area contributed by atoms with E-state index in [0.717, 1.165) is 24.8 Å². The Kier molecular flexibility index (Phi) is 7.37. The molecule has 0 saturated carbocycles. The van der Waals surface area contributed by atoms with E-state index < -0.39 is 18.2 Å².